The van der Waals surface area contributed by atoms with Gasteiger partial charge in [0, 0.05) is 15.5 Å². The van der Waals surface area contributed by atoms with E-state index in [-0.39, 0.29) is 18.2 Å². The van der Waals surface area contributed by atoms with Crippen LogP contribution < -0.4 is 4.90 Å². The molecular weight excluding hydrogens is 452 g/mol. The van der Waals surface area contributed by atoms with Gasteiger partial charge in [-0.25, -0.2) is 0 Å². The van der Waals surface area contributed by atoms with Gasteiger partial charge in [0.2, 0.25) is 0 Å². The van der Waals surface area contributed by atoms with Crippen molar-refractivity contribution in [2.75, 3.05) is 10.7 Å². The van der Waals surface area contributed by atoms with Gasteiger partial charge in [-0.3, -0.25) is 9.54 Å². The summed E-state index contributed by atoms with van der Waals surface area (Å²) in [6.07, 6.45) is 4.11. The number of para-hydroxylation sites is 1. The summed E-state index contributed by atoms with van der Waals surface area (Å²) in [5, 5.41) is 0. The van der Waals surface area contributed by atoms with E-state index in [4.69, 9.17) is 4.98 Å². The van der Waals surface area contributed by atoms with Crippen molar-refractivity contribution in [3.8, 4) is 0 Å². The maximum Gasteiger partial charge on any atom is 0.264 e. The van der Waals surface area contributed by atoms with E-state index in [9.17, 15) is 13.0 Å². The summed E-state index contributed by atoms with van der Waals surface area (Å²) in [5.74, 6) is -0.326. The van der Waals surface area contributed by atoms with Crippen LogP contribution in [0.4, 0.5) is 11.4 Å². The lowest BCUT2D eigenvalue weighted by atomic mass is 10.0. The van der Waals surface area contributed by atoms with E-state index in [1.165, 1.54) is 5.56 Å². The van der Waals surface area contributed by atoms with Crippen molar-refractivity contribution in [1.82, 2.24) is 4.98 Å². The van der Waals surface area contributed by atoms with Crippen molar-refractivity contribution < 1.29 is 13.0 Å². The van der Waals surface area contributed by atoms with Crippen molar-refractivity contribution in [3.63, 3.8) is 0 Å². The molecule has 0 fully saturated rings. The van der Waals surface area contributed by atoms with E-state index in [0.29, 0.717) is 0 Å². The van der Waals surface area contributed by atoms with Crippen molar-refractivity contribution in [2.24, 2.45) is 0 Å². The third-order valence-electron chi connectivity index (χ3n) is 5.80. The second-order valence-electron chi connectivity index (χ2n) is 8.39. The number of aromatic nitrogens is 1. The second kappa shape index (κ2) is 10.3. The highest BCUT2D eigenvalue weighted by Gasteiger charge is 2.32. The Labute approximate surface area is 201 Å². The molecule has 4 rings (SSSR count). The number of nitrogens with zero attached hydrogens (tertiary/aromatic N) is 2. The molecule has 5 nitrogen and oxygen atoms in total. The number of hydrogen-bond acceptors (Lipinski definition) is 5. The van der Waals surface area contributed by atoms with E-state index < -0.39 is 10.1 Å². The van der Waals surface area contributed by atoms with Crippen molar-refractivity contribution in [2.45, 2.75) is 61.8 Å². The highest BCUT2D eigenvalue weighted by atomic mass is 32.2. The first kappa shape index (κ1) is 23.8. The summed E-state index contributed by atoms with van der Waals surface area (Å²) in [7, 11) is -4.12. The molecule has 1 N–H and O–H groups in total. The number of rotatable bonds is 9. The molecular formula is C26H30N2O3S2. The Hall–Kier alpha value is -2.35. The summed E-state index contributed by atoms with van der Waals surface area (Å²) >= 11 is 1.73. The molecule has 0 spiro atoms. The van der Waals surface area contributed by atoms with Gasteiger partial charge in [-0.1, -0.05) is 62.7 Å². The largest absolute Gasteiger partial charge is 0.330 e. The first-order chi connectivity index (χ1) is 15.9. The van der Waals surface area contributed by atoms with E-state index in [0.717, 1.165) is 58.2 Å². The molecule has 0 amide bonds. The average molecular weight is 483 g/mol. The molecule has 0 aliphatic carbocycles. The second-order valence-corrected chi connectivity index (χ2v) is 11.0. The predicted molar refractivity (Wildman–Crippen MR) is 135 cm³/mol. The van der Waals surface area contributed by atoms with Gasteiger partial charge in [0.15, 0.2) is 0 Å². The number of anilines is 2. The molecule has 0 saturated carbocycles. The Morgan fingerprint density at radius 1 is 0.939 bits per heavy atom. The van der Waals surface area contributed by atoms with Crippen molar-refractivity contribution in [1.29, 1.82) is 0 Å². The monoisotopic (exact) mass is 482 g/mol. The van der Waals surface area contributed by atoms with Crippen LogP contribution in [0.2, 0.25) is 0 Å². The summed E-state index contributed by atoms with van der Waals surface area (Å²) in [5.41, 5.74) is 5.16. The Bertz CT molecular complexity index is 1230. The Kier molecular flexibility index (Phi) is 7.41. The molecule has 33 heavy (non-hydrogen) atoms. The van der Waals surface area contributed by atoms with Gasteiger partial charge >= 0.3 is 0 Å². The summed E-state index contributed by atoms with van der Waals surface area (Å²) in [4.78, 5) is 9.40. The van der Waals surface area contributed by atoms with Gasteiger partial charge in [0.25, 0.3) is 10.1 Å². The van der Waals surface area contributed by atoms with Crippen LogP contribution in [0.15, 0.2) is 70.5 Å². The fourth-order valence-corrected chi connectivity index (χ4v) is 5.93. The normalized spacial score (nSPS) is 14.0. The lowest BCUT2D eigenvalue weighted by Crippen LogP contribution is -2.29. The van der Waals surface area contributed by atoms with Gasteiger partial charge in [0.05, 0.1) is 28.9 Å². The summed E-state index contributed by atoms with van der Waals surface area (Å²) in [6.45, 7) is 4.28. The number of fused-ring (bicyclic) bond motifs is 2. The molecule has 1 aliphatic heterocycles. The van der Waals surface area contributed by atoms with E-state index >= 15 is 0 Å². The predicted octanol–water partition coefficient (Wildman–Crippen LogP) is 6.61. The first-order valence-corrected chi connectivity index (χ1v) is 13.9. The van der Waals surface area contributed by atoms with Gasteiger partial charge < -0.3 is 4.90 Å². The quantitative estimate of drug-likeness (QED) is 0.346. The molecule has 0 saturated heterocycles. The average Bonchev–Trinajstić information content (AvgIpc) is 2.79. The fourth-order valence-electron chi connectivity index (χ4n) is 4.36. The Balaban J connectivity index is 1.88. The maximum absolute atomic E-state index is 11.8. The minimum absolute atomic E-state index is 0.234. The molecule has 1 aromatic heterocycles. The van der Waals surface area contributed by atoms with Crippen molar-refractivity contribution in [3.05, 3.63) is 77.6 Å². The lowest BCUT2D eigenvalue weighted by molar-refractivity contribution is 0.476. The van der Waals surface area contributed by atoms with Crippen LogP contribution in [-0.2, 0) is 23.0 Å². The van der Waals surface area contributed by atoms with E-state index in [2.05, 4.69) is 49.1 Å². The third-order valence-corrected chi connectivity index (χ3v) is 7.68. The Morgan fingerprint density at radius 3 is 2.45 bits per heavy atom. The highest BCUT2D eigenvalue weighted by molar-refractivity contribution is 7.99. The van der Waals surface area contributed by atoms with E-state index in [1.54, 1.807) is 11.8 Å². The summed E-state index contributed by atoms with van der Waals surface area (Å²) < 4.78 is 33.1. The van der Waals surface area contributed by atoms with Gasteiger partial charge in [-0.2, -0.15) is 8.42 Å². The van der Waals surface area contributed by atoms with Gasteiger partial charge in [-0.15, -0.1) is 0 Å². The topological polar surface area (TPSA) is 70.5 Å². The Morgan fingerprint density at radius 2 is 1.70 bits per heavy atom. The lowest BCUT2D eigenvalue weighted by Gasteiger charge is -2.39. The zero-order valence-electron chi connectivity index (χ0n) is 19.1. The summed E-state index contributed by atoms with van der Waals surface area (Å²) in [6, 6.07) is 20.4. The van der Waals surface area contributed by atoms with Gasteiger partial charge in [-0.05, 0) is 61.2 Å². The zero-order valence-corrected chi connectivity index (χ0v) is 20.7. The molecule has 2 heterocycles. The zero-order chi connectivity index (χ0) is 23.4. The number of aryl methyl sites for hydroxylation is 2. The van der Waals surface area contributed by atoms with Crippen LogP contribution >= 0.6 is 11.8 Å². The minimum Gasteiger partial charge on any atom is -0.330 e. The maximum atomic E-state index is 11.8. The minimum atomic E-state index is -4.12. The molecule has 0 bridgehead atoms. The van der Waals surface area contributed by atoms with Crippen LogP contribution in [-0.4, -0.2) is 23.7 Å². The molecule has 0 radical (unpaired) electrons. The van der Waals surface area contributed by atoms with Crippen LogP contribution in [0.25, 0.3) is 0 Å². The van der Waals surface area contributed by atoms with Crippen LogP contribution in [0.5, 0.6) is 0 Å². The molecule has 1 aliphatic rings. The number of hydrogen-bond donors (Lipinski definition) is 1. The van der Waals surface area contributed by atoms with Crippen molar-refractivity contribution >= 4 is 33.3 Å². The molecule has 174 valence electrons. The number of pyridine rings is 1. The SMILES string of the molecule is CCCc1ccc2c(c1)N(C(CCS(=O)(=O)O)c1cccc(CCC)n1)c1ccccc1S2. The fraction of sp³-hybridized carbons (Fsp3) is 0.346. The van der Waals surface area contributed by atoms with Crippen LogP contribution in [0.3, 0.4) is 0 Å². The molecule has 7 heteroatoms. The third kappa shape index (κ3) is 5.60. The first-order valence-electron chi connectivity index (χ1n) is 11.5. The standard InChI is InChI=1S/C26H30N2O3S2/c1-3-8-19-14-15-26-24(18-19)28(23-12-5-6-13-25(23)32-26)22(16-17-33(29,30)31)21-11-7-10-20(27-21)9-4-2/h5-7,10-15,18,22H,3-4,8-9,16-17H2,1-2H3,(H,29,30,31). The molecule has 1 unspecified atom stereocenters. The van der Waals surface area contributed by atoms with Crippen LogP contribution in [0.1, 0.15) is 56.1 Å². The smallest absolute Gasteiger partial charge is 0.264 e. The van der Waals surface area contributed by atoms with Crippen LogP contribution in [0, 0.1) is 0 Å². The molecule has 2 aromatic carbocycles. The highest BCUT2D eigenvalue weighted by Crippen LogP contribution is 2.52. The molecule has 3 aromatic rings. The number of benzene rings is 2. The van der Waals surface area contributed by atoms with Gasteiger partial charge in [0.1, 0.15) is 0 Å². The van der Waals surface area contributed by atoms with E-state index in [1.807, 2.05) is 30.3 Å². The molecule has 1 atom stereocenters.